The fraction of sp³-hybridized carbons (Fsp3) is 0.818. The number of nitrogens with one attached hydrogen (secondary N) is 2. The summed E-state index contributed by atoms with van der Waals surface area (Å²) < 4.78 is 37.7. The van der Waals surface area contributed by atoms with E-state index in [0.29, 0.717) is 13.0 Å². The number of carbonyl (C=O) groups excluding carboxylic acids is 2. The number of imide groups is 1. The normalized spacial score (nSPS) is 20.9. The number of likely N-dealkylation sites (tertiary alicyclic amines) is 1. The van der Waals surface area contributed by atoms with E-state index in [-0.39, 0.29) is 25.9 Å². The molecule has 1 aliphatic heterocycles. The summed E-state index contributed by atoms with van der Waals surface area (Å²) >= 11 is 0. The van der Waals surface area contributed by atoms with Crippen molar-refractivity contribution in [2.24, 2.45) is 5.92 Å². The first-order chi connectivity index (χ1) is 8.82. The second-order valence-electron chi connectivity index (χ2n) is 4.56. The third-order valence-corrected chi connectivity index (χ3v) is 3.10. The van der Waals surface area contributed by atoms with Crippen molar-refractivity contribution in [1.82, 2.24) is 15.5 Å². The molecule has 0 unspecified atom stereocenters. The highest BCUT2D eigenvalue weighted by atomic mass is 19.4. The van der Waals surface area contributed by atoms with Gasteiger partial charge in [-0.1, -0.05) is 0 Å². The van der Waals surface area contributed by atoms with Crippen molar-refractivity contribution in [1.29, 1.82) is 0 Å². The predicted octanol–water partition coefficient (Wildman–Crippen LogP) is 1.11. The van der Waals surface area contributed by atoms with Crippen molar-refractivity contribution in [3.05, 3.63) is 0 Å². The number of nitrogens with zero attached hydrogens (tertiary/aromatic N) is 1. The van der Waals surface area contributed by atoms with E-state index in [1.54, 1.807) is 4.90 Å². The summed E-state index contributed by atoms with van der Waals surface area (Å²) in [5.41, 5.74) is 0. The van der Waals surface area contributed by atoms with Gasteiger partial charge < -0.3 is 10.2 Å². The van der Waals surface area contributed by atoms with Crippen molar-refractivity contribution in [3.8, 4) is 0 Å². The van der Waals surface area contributed by atoms with E-state index in [1.807, 2.05) is 0 Å². The average Bonchev–Trinajstić information content (AvgIpc) is 2.35. The van der Waals surface area contributed by atoms with Crippen LogP contribution in [0.2, 0.25) is 0 Å². The number of hydrogen-bond donors (Lipinski definition) is 2. The quantitative estimate of drug-likeness (QED) is 0.814. The molecule has 19 heavy (non-hydrogen) atoms. The maximum atomic E-state index is 12.6. The minimum Gasteiger partial charge on any atom is -0.341 e. The molecule has 1 fully saturated rings. The van der Waals surface area contributed by atoms with Gasteiger partial charge in [0.15, 0.2) is 0 Å². The Kier molecular flexibility index (Phi) is 5.59. The van der Waals surface area contributed by atoms with Crippen molar-refractivity contribution in [2.45, 2.75) is 25.4 Å². The molecule has 5 nitrogen and oxygen atoms in total. The molecule has 8 heteroatoms. The van der Waals surface area contributed by atoms with Crippen LogP contribution in [0.5, 0.6) is 0 Å². The number of carbonyl (C=O) groups is 2. The Morgan fingerprint density at radius 1 is 1.37 bits per heavy atom. The third-order valence-electron chi connectivity index (χ3n) is 3.10. The van der Waals surface area contributed by atoms with Gasteiger partial charge in [0.25, 0.3) is 0 Å². The predicted molar refractivity (Wildman–Crippen MR) is 62.4 cm³/mol. The van der Waals surface area contributed by atoms with Crippen molar-refractivity contribution in [3.63, 3.8) is 0 Å². The van der Waals surface area contributed by atoms with Gasteiger partial charge in [-0.3, -0.25) is 10.1 Å². The molecule has 0 aromatic heterocycles. The number of amides is 3. The SMILES string of the molecule is CNC(=O)NC(=O)CCN1CCC[C@@H](C(F)(F)F)C1. The highest BCUT2D eigenvalue weighted by Gasteiger charge is 2.41. The van der Waals surface area contributed by atoms with Gasteiger partial charge >= 0.3 is 12.2 Å². The van der Waals surface area contributed by atoms with Gasteiger partial charge in [-0.25, -0.2) is 4.79 Å². The van der Waals surface area contributed by atoms with Crippen LogP contribution in [0.25, 0.3) is 0 Å². The molecule has 0 radical (unpaired) electrons. The Balaban J connectivity index is 2.33. The van der Waals surface area contributed by atoms with Crippen LogP contribution in [-0.2, 0) is 4.79 Å². The number of hydrogen-bond acceptors (Lipinski definition) is 3. The van der Waals surface area contributed by atoms with Crippen molar-refractivity contribution in [2.75, 3.05) is 26.7 Å². The molecule has 1 atom stereocenters. The molecule has 0 saturated carbocycles. The molecule has 1 saturated heterocycles. The summed E-state index contributed by atoms with van der Waals surface area (Å²) in [6.07, 6.45) is -3.55. The molecule has 110 valence electrons. The first-order valence-corrected chi connectivity index (χ1v) is 6.13. The van der Waals surface area contributed by atoms with E-state index in [4.69, 9.17) is 0 Å². The molecule has 0 aromatic carbocycles. The molecule has 0 aromatic rings. The fourth-order valence-corrected chi connectivity index (χ4v) is 2.04. The molecular formula is C11H18F3N3O2. The summed E-state index contributed by atoms with van der Waals surface area (Å²) in [5.74, 6) is -1.81. The van der Waals surface area contributed by atoms with Gasteiger partial charge in [0.05, 0.1) is 5.92 Å². The summed E-state index contributed by atoms with van der Waals surface area (Å²) in [7, 11) is 1.38. The topological polar surface area (TPSA) is 61.4 Å². The minimum absolute atomic E-state index is 0.0119. The Morgan fingerprint density at radius 3 is 2.63 bits per heavy atom. The van der Waals surface area contributed by atoms with E-state index < -0.39 is 24.0 Å². The largest absolute Gasteiger partial charge is 0.393 e. The van der Waals surface area contributed by atoms with E-state index in [1.165, 1.54) is 7.05 Å². The Hall–Kier alpha value is -1.31. The summed E-state index contributed by atoms with van der Waals surface area (Å²) in [5, 5.41) is 4.30. The second kappa shape index (κ2) is 6.74. The fourth-order valence-electron chi connectivity index (χ4n) is 2.04. The van der Waals surface area contributed by atoms with Crippen LogP contribution in [0.15, 0.2) is 0 Å². The van der Waals surface area contributed by atoms with Gasteiger partial charge in [0.2, 0.25) is 5.91 Å². The zero-order valence-electron chi connectivity index (χ0n) is 10.7. The lowest BCUT2D eigenvalue weighted by molar-refractivity contribution is -0.186. The second-order valence-corrected chi connectivity index (χ2v) is 4.56. The van der Waals surface area contributed by atoms with Crippen LogP contribution in [-0.4, -0.2) is 49.7 Å². The highest BCUT2D eigenvalue weighted by Crippen LogP contribution is 2.32. The number of piperidine rings is 1. The maximum Gasteiger partial charge on any atom is 0.393 e. The number of urea groups is 1. The van der Waals surface area contributed by atoms with Gasteiger partial charge in [0, 0.05) is 26.6 Å². The molecule has 1 aliphatic rings. The molecular weight excluding hydrogens is 263 g/mol. The molecule has 0 aliphatic carbocycles. The summed E-state index contributed by atoms with van der Waals surface area (Å²) in [6.45, 7) is 0.714. The minimum atomic E-state index is -4.18. The molecule has 2 N–H and O–H groups in total. The zero-order valence-corrected chi connectivity index (χ0v) is 10.7. The lowest BCUT2D eigenvalue weighted by atomic mass is 9.97. The van der Waals surface area contributed by atoms with Crippen LogP contribution in [0, 0.1) is 5.92 Å². The zero-order chi connectivity index (χ0) is 14.5. The van der Waals surface area contributed by atoms with Gasteiger partial charge in [-0.15, -0.1) is 0 Å². The Labute approximate surface area is 109 Å². The average molecular weight is 281 g/mol. The number of alkyl halides is 3. The van der Waals surface area contributed by atoms with Crippen LogP contribution < -0.4 is 10.6 Å². The summed E-state index contributed by atoms with van der Waals surface area (Å²) in [4.78, 5) is 23.8. The van der Waals surface area contributed by atoms with Gasteiger partial charge in [-0.05, 0) is 19.4 Å². The molecule has 1 heterocycles. The molecule has 0 spiro atoms. The molecule has 0 bridgehead atoms. The first kappa shape index (κ1) is 15.7. The van der Waals surface area contributed by atoms with Gasteiger partial charge in [0.1, 0.15) is 0 Å². The highest BCUT2D eigenvalue weighted by molar-refractivity contribution is 5.94. The first-order valence-electron chi connectivity index (χ1n) is 6.13. The van der Waals surface area contributed by atoms with Crippen LogP contribution in [0.3, 0.4) is 0 Å². The Morgan fingerprint density at radius 2 is 2.05 bits per heavy atom. The Bertz CT molecular complexity index is 334. The smallest absolute Gasteiger partial charge is 0.341 e. The van der Waals surface area contributed by atoms with Crippen LogP contribution >= 0.6 is 0 Å². The maximum absolute atomic E-state index is 12.6. The molecule has 1 rings (SSSR count). The van der Waals surface area contributed by atoms with E-state index >= 15 is 0 Å². The summed E-state index contributed by atoms with van der Waals surface area (Å²) in [6, 6.07) is -0.614. The lowest BCUT2D eigenvalue weighted by Gasteiger charge is -2.33. The third kappa shape index (κ3) is 5.46. The lowest BCUT2D eigenvalue weighted by Crippen LogP contribution is -2.44. The van der Waals surface area contributed by atoms with Crippen LogP contribution in [0.1, 0.15) is 19.3 Å². The standard InChI is InChI=1S/C11H18F3N3O2/c1-15-10(19)16-9(18)4-6-17-5-2-3-8(7-17)11(12,13)14/h8H,2-7H2,1H3,(H2,15,16,18,19)/t8-/m1/s1. The monoisotopic (exact) mass is 281 g/mol. The van der Waals surface area contributed by atoms with Gasteiger partial charge in [-0.2, -0.15) is 13.2 Å². The van der Waals surface area contributed by atoms with Crippen molar-refractivity contribution < 1.29 is 22.8 Å². The number of rotatable bonds is 3. The van der Waals surface area contributed by atoms with E-state index in [9.17, 15) is 22.8 Å². The van der Waals surface area contributed by atoms with E-state index in [0.717, 1.165) is 0 Å². The molecule has 3 amide bonds. The van der Waals surface area contributed by atoms with Crippen LogP contribution in [0.4, 0.5) is 18.0 Å². The van der Waals surface area contributed by atoms with E-state index in [2.05, 4.69) is 10.6 Å². The number of halogens is 3. The van der Waals surface area contributed by atoms with Crippen molar-refractivity contribution >= 4 is 11.9 Å².